The second kappa shape index (κ2) is 3.84. The molecule has 0 saturated carbocycles. The molecule has 0 aliphatic carbocycles. The van der Waals surface area contributed by atoms with Gasteiger partial charge in [0.15, 0.2) is 0 Å². The third-order valence-corrected chi connectivity index (χ3v) is 1.86. The highest BCUT2D eigenvalue weighted by atomic mass is 16.1. The smallest absolute Gasteiger partial charge is 0.302 e. The zero-order valence-corrected chi connectivity index (χ0v) is 8.16. The van der Waals surface area contributed by atoms with Gasteiger partial charge in [0.25, 0.3) is 0 Å². The predicted molar refractivity (Wildman–Crippen MR) is 58.2 cm³/mol. The van der Waals surface area contributed by atoms with Crippen molar-refractivity contribution in [3.8, 4) is 11.8 Å². The van der Waals surface area contributed by atoms with Crippen LogP contribution in [0.15, 0.2) is 24.3 Å². The van der Waals surface area contributed by atoms with Crippen LogP contribution in [0.5, 0.6) is 0 Å². The molecule has 4 heteroatoms. The van der Waals surface area contributed by atoms with Gasteiger partial charge in [0.2, 0.25) is 5.95 Å². The molecule has 0 saturated heterocycles. The summed E-state index contributed by atoms with van der Waals surface area (Å²) in [6, 6.07) is 7.55. The van der Waals surface area contributed by atoms with Crippen molar-refractivity contribution in [3.05, 3.63) is 24.3 Å². The number of amides is 1. The molecular weight excluding hydrogens is 190 g/mol. The van der Waals surface area contributed by atoms with E-state index in [9.17, 15) is 4.79 Å². The molecule has 0 spiro atoms. The first-order valence-corrected chi connectivity index (χ1v) is 4.48. The van der Waals surface area contributed by atoms with Crippen LogP contribution in [0, 0.1) is 11.8 Å². The molecule has 1 heterocycles. The maximum absolute atomic E-state index is 11.1. The molecule has 0 fully saturated rings. The number of nitrogens with zero attached hydrogens (tertiary/aromatic N) is 1. The van der Waals surface area contributed by atoms with Gasteiger partial charge in [-0.2, -0.15) is 0 Å². The van der Waals surface area contributed by atoms with Gasteiger partial charge < -0.3 is 4.98 Å². The predicted octanol–water partition coefficient (Wildman–Crippen LogP) is 1.52. The Morgan fingerprint density at radius 3 is 3.00 bits per heavy atom. The highest BCUT2D eigenvalue weighted by Crippen LogP contribution is 2.12. The highest BCUT2D eigenvalue weighted by molar-refractivity contribution is 6.03. The minimum absolute atomic E-state index is 0.364. The Morgan fingerprint density at radius 1 is 1.47 bits per heavy atom. The summed E-state index contributed by atoms with van der Waals surface area (Å²) >= 11 is 0. The molecule has 0 radical (unpaired) electrons. The summed E-state index contributed by atoms with van der Waals surface area (Å²) in [6.07, 6.45) is 0. The second-order valence-corrected chi connectivity index (χ2v) is 2.93. The van der Waals surface area contributed by atoms with E-state index < -0.39 is 0 Å². The van der Waals surface area contributed by atoms with Crippen LogP contribution in [0.25, 0.3) is 11.0 Å². The van der Waals surface area contributed by atoms with Gasteiger partial charge in [-0.1, -0.05) is 18.1 Å². The molecular formula is C11H9N3O. The summed E-state index contributed by atoms with van der Waals surface area (Å²) in [5.74, 6) is 4.95. The zero-order chi connectivity index (χ0) is 10.7. The monoisotopic (exact) mass is 199 g/mol. The van der Waals surface area contributed by atoms with E-state index >= 15 is 0 Å². The fourth-order valence-electron chi connectivity index (χ4n) is 1.26. The highest BCUT2D eigenvalue weighted by Gasteiger charge is 2.03. The van der Waals surface area contributed by atoms with Crippen molar-refractivity contribution < 1.29 is 4.79 Å². The van der Waals surface area contributed by atoms with Crippen molar-refractivity contribution in [2.24, 2.45) is 0 Å². The zero-order valence-electron chi connectivity index (χ0n) is 8.16. The van der Waals surface area contributed by atoms with Gasteiger partial charge in [-0.05, 0) is 25.0 Å². The number of imidazole rings is 1. The van der Waals surface area contributed by atoms with Gasteiger partial charge in [0.1, 0.15) is 0 Å². The first kappa shape index (κ1) is 9.28. The minimum atomic E-state index is -0.364. The quantitative estimate of drug-likeness (QED) is 0.684. The molecule has 0 aliphatic rings. The van der Waals surface area contributed by atoms with E-state index in [1.165, 1.54) is 0 Å². The van der Waals surface area contributed by atoms with Gasteiger partial charge in [-0.3, -0.25) is 10.1 Å². The first-order valence-electron chi connectivity index (χ1n) is 4.48. The molecule has 74 valence electrons. The summed E-state index contributed by atoms with van der Waals surface area (Å²) in [7, 11) is 0. The number of benzene rings is 1. The van der Waals surface area contributed by atoms with Crippen molar-refractivity contribution >= 4 is 22.9 Å². The standard InChI is InChI=1S/C11H9N3O/c1-2-5-10(15)14-11-12-8-6-3-4-7-9(8)13-11/h3-4,6-7H,1H3,(H2,12,13,14,15). The average Bonchev–Trinajstić information content (AvgIpc) is 2.59. The molecule has 2 aromatic rings. The van der Waals surface area contributed by atoms with Gasteiger partial charge in [-0.15, -0.1) is 0 Å². The van der Waals surface area contributed by atoms with E-state index in [2.05, 4.69) is 27.1 Å². The molecule has 0 unspecified atom stereocenters. The number of rotatable bonds is 1. The van der Waals surface area contributed by atoms with E-state index in [0.717, 1.165) is 11.0 Å². The van der Waals surface area contributed by atoms with Crippen LogP contribution in [-0.2, 0) is 4.79 Å². The van der Waals surface area contributed by atoms with Gasteiger partial charge in [0.05, 0.1) is 11.0 Å². The number of carbonyl (C=O) groups is 1. The Balaban J connectivity index is 2.28. The van der Waals surface area contributed by atoms with Crippen LogP contribution in [0.2, 0.25) is 0 Å². The summed E-state index contributed by atoms with van der Waals surface area (Å²) in [4.78, 5) is 18.3. The van der Waals surface area contributed by atoms with Crippen LogP contribution in [0.3, 0.4) is 0 Å². The average molecular weight is 199 g/mol. The van der Waals surface area contributed by atoms with Crippen molar-refractivity contribution in [1.29, 1.82) is 0 Å². The van der Waals surface area contributed by atoms with Crippen LogP contribution in [0.1, 0.15) is 6.92 Å². The SMILES string of the molecule is CC#CC(=O)Nc1nc2ccccc2[nH]1. The van der Waals surface area contributed by atoms with E-state index in [1.54, 1.807) is 6.92 Å². The van der Waals surface area contributed by atoms with Crippen LogP contribution >= 0.6 is 0 Å². The lowest BCUT2D eigenvalue weighted by Crippen LogP contribution is -2.09. The van der Waals surface area contributed by atoms with Crippen molar-refractivity contribution in [2.75, 3.05) is 5.32 Å². The van der Waals surface area contributed by atoms with Gasteiger partial charge in [0, 0.05) is 0 Å². The normalized spacial score (nSPS) is 9.40. The maximum Gasteiger partial charge on any atom is 0.302 e. The molecule has 2 N–H and O–H groups in total. The number of anilines is 1. The number of carbonyl (C=O) groups excluding carboxylic acids is 1. The minimum Gasteiger partial charge on any atom is -0.324 e. The number of H-pyrrole nitrogens is 1. The largest absolute Gasteiger partial charge is 0.324 e. The lowest BCUT2D eigenvalue weighted by molar-refractivity contribution is -0.111. The number of hydrogen-bond acceptors (Lipinski definition) is 2. The molecule has 0 bridgehead atoms. The number of aromatic nitrogens is 2. The number of aromatic amines is 1. The van der Waals surface area contributed by atoms with E-state index in [4.69, 9.17) is 0 Å². The molecule has 4 nitrogen and oxygen atoms in total. The summed E-state index contributed by atoms with van der Waals surface area (Å²) in [5, 5.41) is 2.55. The van der Waals surface area contributed by atoms with Crippen molar-refractivity contribution in [2.45, 2.75) is 6.92 Å². The van der Waals surface area contributed by atoms with Crippen molar-refractivity contribution in [1.82, 2.24) is 9.97 Å². The molecule has 1 aromatic heterocycles. The fraction of sp³-hybridized carbons (Fsp3) is 0.0909. The topological polar surface area (TPSA) is 57.8 Å². The maximum atomic E-state index is 11.1. The Kier molecular flexibility index (Phi) is 2.38. The third-order valence-electron chi connectivity index (χ3n) is 1.86. The fourth-order valence-corrected chi connectivity index (χ4v) is 1.26. The van der Waals surface area contributed by atoms with Gasteiger partial charge >= 0.3 is 5.91 Å². The Bertz CT molecular complexity index is 527. The van der Waals surface area contributed by atoms with Crippen LogP contribution < -0.4 is 5.32 Å². The van der Waals surface area contributed by atoms with E-state index in [0.29, 0.717) is 5.95 Å². The van der Waals surface area contributed by atoms with Crippen molar-refractivity contribution in [3.63, 3.8) is 0 Å². The molecule has 0 aliphatic heterocycles. The van der Waals surface area contributed by atoms with E-state index in [1.807, 2.05) is 24.3 Å². The molecule has 1 aromatic carbocycles. The molecule has 2 rings (SSSR count). The van der Waals surface area contributed by atoms with Crippen LogP contribution in [-0.4, -0.2) is 15.9 Å². The molecule has 0 atom stereocenters. The lowest BCUT2D eigenvalue weighted by atomic mass is 10.3. The molecule has 1 amide bonds. The lowest BCUT2D eigenvalue weighted by Gasteiger charge is -1.92. The molecule has 15 heavy (non-hydrogen) atoms. The first-order chi connectivity index (χ1) is 7.29. The Morgan fingerprint density at radius 2 is 2.27 bits per heavy atom. The third kappa shape index (κ3) is 1.97. The number of fused-ring (bicyclic) bond motifs is 1. The Labute approximate surface area is 86.7 Å². The number of nitrogens with one attached hydrogen (secondary N) is 2. The number of hydrogen-bond donors (Lipinski definition) is 2. The summed E-state index contributed by atoms with van der Waals surface area (Å²) < 4.78 is 0. The Hall–Kier alpha value is -2.28. The van der Waals surface area contributed by atoms with E-state index in [-0.39, 0.29) is 5.91 Å². The van der Waals surface area contributed by atoms with Crippen LogP contribution in [0.4, 0.5) is 5.95 Å². The van der Waals surface area contributed by atoms with Gasteiger partial charge in [-0.25, -0.2) is 4.98 Å². The second-order valence-electron chi connectivity index (χ2n) is 2.93. The summed E-state index contributed by atoms with van der Waals surface area (Å²) in [6.45, 7) is 1.61. The summed E-state index contributed by atoms with van der Waals surface area (Å²) in [5.41, 5.74) is 1.70. The number of para-hydroxylation sites is 2.